The molecule has 0 saturated heterocycles. The number of hydrogen-bond acceptors (Lipinski definition) is 6. The summed E-state index contributed by atoms with van der Waals surface area (Å²) in [6.45, 7) is 6.01. The maximum atomic E-state index is 13.2. The van der Waals surface area contributed by atoms with Crippen LogP contribution in [-0.2, 0) is 6.54 Å². The summed E-state index contributed by atoms with van der Waals surface area (Å²) in [6.07, 6.45) is 11.2. The lowest BCUT2D eigenvalue weighted by Gasteiger charge is -2.27. The van der Waals surface area contributed by atoms with Crippen LogP contribution in [0.2, 0.25) is 0 Å². The summed E-state index contributed by atoms with van der Waals surface area (Å²) >= 11 is 0. The molecule has 1 atom stereocenters. The van der Waals surface area contributed by atoms with Gasteiger partial charge in [-0.25, -0.2) is 9.97 Å². The fourth-order valence-electron chi connectivity index (χ4n) is 4.33. The Morgan fingerprint density at radius 3 is 2.65 bits per heavy atom. The van der Waals surface area contributed by atoms with Gasteiger partial charge >= 0.3 is 0 Å². The zero-order chi connectivity index (χ0) is 22.4. The Morgan fingerprint density at radius 2 is 1.97 bits per heavy atom. The topological polar surface area (TPSA) is 83.3 Å². The molecule has 7 nitrogen and oxygen atoms in total. The fraction of sp³-hybridized carbons (Fsp3) is 0.708. The van der Waals surface area contributed by atoms with Crippen LogP contribution in [0.4, 0.5) is 5.95 Å². The molecule has 0 radical (unpaired) electrons. The van der Waals surface area contributed by atoms with E-state index < -0.39 is 0 Å². The number of rotatable bonds is 10. The quantitative estimate of drug-likeness (QED) is 0.560. The molecule has 0 spiro atoms. The van der Waals surface area contributed by atoms with Crippen LogP contribution >= 0.6 is 0 Å². The molecule has 0 amide bonds. The van der Waals surface area contributed by atoms with Gasteiger partial charge in [0.2, 0.25) is 5.95 Å². The standard InChI is InChI=1S/C24H39N5O2/c1-5-17(2)26-24-25-15-20-22(27-24)21(18-9-11-19(30)12-10-18)16-29(23(20)31)14-8-6-7-13-28(3)4/h15-19,30H,5-14H2,1-4H3,(H,25,26,27)/t17-,18-,19-/m0/s1. The highest BCUT2D eigenvalue weighted by atomic mass is 16.3. The molecule has 1 saturated carbocycles. The van der Waals surface area contributed by atoms with Crippen molar-refractivity contribution in [2.24, 2.45) is 0 Å². The third kappa shape index (κ3) is 6.26. The fourth-order valence-corrected chi connectivity index (χ4v) is 4.33. The first-order valence-electron chi connectivity index (χ1n) is 11.9. The van der Waals surface area contributed by atoms with E-state index >= 15 is 0 Å². The van der Waals surface area contributed by atoms with Crippen LogP contribution in [-0.4, -0.2) is 57.3 Å². The van der Waals surface area contributed by atoms with Crippen molar-refractivity contribution in [2.45, 2.75) is 89.8 Å². The summed E-state index contributed by atoms with van der Waals surface area (Å²) < 4.78 is 1.86. The number of unbranched alkanes of at least 4 members (excludes halogenated alkanes) is 2. The van der Waals surface area contributed by atoms with Crippen LogP contribution in [0.5, 0.6) is 0 Å². The number of anilines is 1. The Labute approximate surface area is 185 Å². The van der Waals surface area contributed by atoms with Crippen LogP contribution in [0.15, 0.2) is 17.2 Å². The van der Waals surface area contributed by atoms with E-state index in [4.69, 9.17) is 4.98 Å². The van der Waals surface area contributed by atoms with Gasteiger partial charge in [-0.05, 0) is 84.0 Å². The molecule has 0 aliphatic heterocycles. The summed E-state index contributed by atoms with van der Waals surface area (Å²) in [7, 11) is 4.18. The lowest BCUT2D eigenvalue weighted by Crippen LogP contribution is -2.25. The minimum atomic E-state index is -0.206. The van der Waals surface area contributed by atoms with Crippen molar-refractivity contribution in [1.82, 2.24) is 19.4 Å². The highest BCUT2D eigenvalue weighted by Gasteiger charge is 2.25. The minimum absolute atomic E-state index is 0.00251. The molecule has 1 fully saturated rings. The number of nitrogens with one attached hydrogen (secondary N) is 1. The van der Waals surface area contributed by atoms with E-state index in [-0.39, 0.29) is 17.7 Å². The van der Waals surface area contributed by atoms with Crippen LogP contribution < -0.4 is 10.9 Å². The van der Waals surface area contributed by atoms with Crippen LogP contribution in [0, 0.1) is 0 Å². The second kappa shape index (κ2) is 11.0. The van der Waals surface area contributed by atoms with E-state index in [0.717, 1.165) is 75.5 Å². The molecule has 2 N–H and O–H groups in total. The lowest BCUT2D eigenvalue weighted by molar-refractivity contribution is 0.122. The van der Waals surface area contributed by atoms with E-state index in [1.165, 1.54) is 0 Å². The summed E-state index contributed by atoms with van der Waals surface area (Å²) in [6, 6.07) is 0.272. The molecule has 31 heavy (non-hydrogen) atoms. The van der Waals surface area contributed by atoms with E-state index in [1.54, 1.807) is 6.20 Å². The molecular formula is C24H39N5O2. The second-order valence-electron chi connectivity index (χ2n) is 9.36. The number of nitrogens with zero attached hydrogens (tertiary/aromatic N) is 4. The van der Waals surface area contributed by atoms with Gasteiger partial charge < -0.3 is 19.9 Å². The van der Waals surface area contributed by atoms with E-state index in [0.29, 0.717) is 17.3 Å². The van der Waals surface area contributed by atoms with Crippen LogP contribution in [0.25, 0.3) is 10.9 Å². The molecular weight excluding hydrogens is 390 g/mol. The summed E-state index contributed by atoms with van der Waals surface area (Å²) in [5, 5.41) is 13.9. The maximum absolute atomic E-state index is 13.2. The average Bonchev–Trinajstić information content (AvgIpc) is 2.75. The van der Waals surface area contributed by atoms with E-state index in [1.807, 2.05) is 10.8 Å². The highest BCUT2D eigenvalue weighted by Crippen LogP contribution is 2.35. The Kier molecular flexibility index (Phi) is 8.43. The van der Waals surface area contributed by atoms with Crippen molar-refractivity contribution in [1.29, 1.82) is 0 Å². The van der Waals surface area contributed by atoms with Crippen molar-refractivity contribution in [2.75, 3.05) is 26.0 Å². The molecule has 2 aromatic heterocycles. The van der Waals surface area contributed by atoms with Gasteiger partial charge in [0.1, 0.15) is 0 Å². The Bertz CT molecular complexity index is 903. The number of aromatic nitrogens is 3. The predicted octanol–water partition coefficient (Wildman–Crippen LogP) is 3.75. The SMILES string of the molecule is CC[C@H](C)Nc1ncc2c(=O)n(CCCCCN(C)C)cc([C@H]3CC[C@H](O)CC3)c2n1. The Hall–Kier alpha value is -1.99. The van der Waals surface area contributed by atoms with Gasteiger partial charge in [-0.2, -0.15) is 0 Å². The summed E-state index contributed by atoms with van der Waals surface area (Å²) in [4.78, 5) is 24.6. The number of pyridine rings is 1. The van der Waals surface area contributed by atoms with Gasteiger partial charge in [0, 0.05) is 25.0 Å². The average molecular weight is 430 g/mol. The van der Waals surface area contributed by atoms with Gasteiger partial charge in [0.15, 0.2) is 0 Å². The zero-order valence-corrected chi connectivity index (χ0v) is 19.6. The monoisotopic (exact) mass is 429 g/mol. The smallest absolute Gasteiger partial charge is 0.261 e. The number of aryl methyl sites for hydroxylation is 1. The number of aliphatic hydroxyl groups excluding tert-OH is 1. The van der Waals surface area contributed by atoms with E-state index in [9.17, 15) is 9.90 Å². The van der Waals surface area contributed by atoms with Crippen LogP contribution in [0.3, 0.4) is 0 Å². The van der Waals surface area contributed by atoms with Gasteiger partial charge in [-0.3, -0.25) is 4.79 Å². The number of hydrogen-bond donors (Lipinski definition) is 2. The second-order valence-corrected chi connectivity index (χ2v) is 9.36. The Morgan fingerprint density at radius 1 is 1.23 bits per heavy atom. The zero-order valence-electron chi connectivity index (χ0n) is 19.6. The van der Waals surface area contributed by atoms with Crippen molar-refractivity contribution >= 4 is 16.9 Å². The molecule has 1 aliphatic carbocycles. The van der Waals surface area contributed by atoms with Crippen molar-refractivity contribution in [3.63, 3.8) is 0 Å². The molecule has 2 heterocycles. The molecule has 0 bridgehead atoms. The van der Waals surface area contributed by atoms with Gasteiger partial charge in [-0.15, -0.1) is 0 Å². The van der Waals surface area contributed by atoms with Crippen molar-refractivity contribution in [3.8, 4) is 0 Å². The third-order valence-electron chi connectivity index (χ3n) is 6.48. The molecule has 2 aromatic rings. The van der Waals surface area contributed by atoms with Crippen LogP contribution in [0.1, 0.15) is 76.7 Å². The molecule has 0 unspecified atom stereocenters. The predicted molar refractivity (Wildman–Crippen MR) is 127 cm³/mol. The van der Waals surface area contributed by atoms with E-state index in [2.05, 4.69) is 43.1 Å². The molecule has 172 valence electrons. The maximum Gasteiger partial charge on any atom is 0.261 e. The normalized spacial score (nSPS) is 20.3. The van der Waals surface area contributed by atoms with Gasteiger partial charge in [0.25, 0.3) is 5.56 Å². The first kappa shape index (κ1) is 23.7. The van der Waals surface area contributed by atoms with Crippen molar-refractivity contribution < 1.29 is 5.11 Å². The Balaban J connectivity index is 1.91. The first-order valence-corrected chi connectivity index (χ1v) is 11.9. The number of aliphatic hydroxyl groups is 1. The first-order chi connectivity index (χ1) is 14.9. The van der Waals surface area contributed by atoms with Gasteiger partial charge in [-0.1, -0.05) is 13.3 Å². The van der Waals surface area contributed by atoms with Gasteiger partial charge in [0.05, 0.1) is 17.0 Å². The summed E-state index contributed by atoms with van der Waals surface area (Å²) in [5.74, 6) is 0.901. The largest absolute Gasteiger partial charge is 0.393 e. The molecule has 0 aromatic carbocycles. The molecule has 7 heteroatoms. The van der Waals surface area contributed by atoms with Crippen molar-refractivity contribution in [3.05, 3.63) is 28.3 Å². The highest BCUT2D eigenvalue weighted by molar-refractivity contribution is 5.81. The minimum Gasteiger partial charge on any atom is -0.393 e. The number of fused-ring (bicyclic) bond motifs is 1. The lowest BCUT2D eigenvalue weighted by atomic mass is 9.82. The summed E-state index contributed by atoms with van der Waals surface area (Å²) in [5.41, 5.74) is 1.90. The third-order valence-corrected chi connectivity index (χ3v) is 6.48. The molecule has 1 aliphatic rings. The molecule has 3 rings (SSSR count).